The van der Waals surface area contributed by atoms with Gasteiger partial charge in [-0.3, -0.25) is 14.6 Å². The van der Waals surface area contributed by atoms with Crippen molar-refractivity contribution in [1.29, 1.82) is 0 Å². The molecule has 2 saturated heterocycles. The van der Waals surface area contributed by atoms with Gasteiger partial charge in [-0.25, -0.2) is 13.4 Å². The quantitative estimate of drug-likeness (QED) is 0.390. The van der Waals surface area contributed by atoms with Crippen molar-refractivity contribution in [1.82, 2.24) is 14.2 Å². The molecule has 0 radical (unpaired) electrons. The molecule has 4 heterocycles. The zero-order chi connectivity index (χ0) is 26.0. The summed E-state index contributed by atoms with van der Waals surface area (Å²) in [5.74, 6) is -0.215. The van der Waals surface area contributed by atoms with Gasteiger partial charge in [-0.2, -0.15) is 4.31 Å². The second kappa shape index (κ2) is 11.6. The van der Waals surface area contributed by atoms with Crippen LogP contribution in [0.5, 0.6) is 0 Å². The number of carbonyl (C=O) groups excluding carboxylic acids is 1. The number of amides is 1. The predicted octanol–water partition coefficient (Wildman–Crippen LogP) is 4.48. The van der Waals surface area contributed by atoms with E-state index in [0.717, 1.165) is 55.0 Å². The number of ether oxygens (including phenoxy) is 1. The molecule has 0 N–H and O–H groups in total. The molecule has 0 saturated carbocycles. The van der Waals surface area contributed by atoms with Crippen LogP contribution >= 0.6 is 34.3 Å². The summed E-state index contributed by atoms with van der Waals surface area (Å²) in [5, 5.41) is 3.11. The van der Waals surface area contributed by atoms with Gasteiger partial charge in [0, 0.05) is 50.2 Å². The van der Waals surface area contributed by atoms with E-state index in [4.69, 9.17) is 21.3 Å². The SMILES string of the molecule is Cc1c(Cl)ccc2sc(N(CCCN3CCOCC3)C(=O)C3CCN(S(=O)(=O)c4cccs4)CC3)nc12. The maximum absolute atomic E-state index is 13.9. The van der Waals surface area contributed by atoms with Gasteiger partial charge >= 0.3 is 0 Å². The van der Waals surface area contributed by atoms with Crippen LogP contribution in [0.25, 0.3) is 10.2 Å². The standard InChI is InChI=1S/C25H31ClN4O4S3/c1-18-20(26)5-6-21-23(18)27-25(36-21)30(10-3-9-28-13-15-34-16-14-28)24(31)19-7-11-29(12-8-19)37(32,33)22-4-2-17-35-22/h2,4-6,17,19H,3,7-16H2,1H3. The van der Waals surface area contributed by atoms with E-state index in [-0.39, 0.29) is 11.8 Å². The van der Waals surface area contributed by atoms with E-state index in [9.17, 15) is 13.2 Å². The summed E-state index contributed by atoms with van der Waals surface area (Å²) in [6.45, 7) is 7.38. The van der Waals surface area contributed by atoms with Crippen LogP contribution in [0.4, 0.5) is 5.13 Å². The highest BCUT2D eigenvalue weighted by molar-refractivity contribution is 7.91. The van der Waals surface area contributed by atoms with Gasteiger partial charge in [-0.05, 0) is 55.3 Å². The monoisotopic (exact) mass is 582 g/mol. The van der Waals surface area contributed by atoms with E-state index in [1.54, 1.807) is 17.5 Å². The summed E-state index contributed by atoms with van der Waals surface area (Å²) in [5.41, 5.74) is 1.74. The minimum Gasteiger partial charge on any atom is -0.379 e. The van der Waals surface area contributed by atoms with Crippen LogP contribution in [0, 0.1) is 12.8 Å². The number of sulfonamides is 1. The number of morpholine rings is 1. The summed E-state index contributed by atoms with van der Waals surface area (Å²) in [6.07, 6.45) is 1.82. The minimum atomic E-state index is -3.50. The number of hydrogen-bond donors (Lipinski definition) is 0. The highest BCUT2D eigenvalue weighted by atomic mass is 35.5. The zero-order valence-electron chi connectivity index (χ0n) is 20.8. The molecule has 0 aliphatic carbocycles. The van der Waals surface area contributed by atoms with Crippen molar-refractivity contribution in [3.63, 3.8) is 0 Å². The number of rotatable bonds is 8. The Hall–Kier alpha value is -1.60. The fraction of sp³-hybridized carbons (Fsp3) is 0.520. The third-order valence-corrected chi connectivity index (χ3v) is 11.8. The van der Waals surface area contributed by atoms with Crippen molar-refractivity contribution < 1.29 is 17.9 Å². The van der Waals surface area contributed by atoms with E-state index in [1.165, 1.54) is 27.0 Å². The molecule has 37 heavy (non-hydrogen) atoms. The third kappa shape index (κ3) is 5.88. The van der Waals surface area contributed by atoms with Crippen molar-refractivity contribution >= 4 is 65.6 Å². The van der Waals surface area contributed by atoms with Crippen LogP contribution in [0.3, 0.4) is 0 Å². The molecule has 2 aromatic heterocycles. The summed E-state index contributed by atoms with van der Waals surface area (Å²) in [4.78, 5) is 22.9. The fourth-order valence-electron chi connectivity index (χ4n) is 4.88. The van der Waals surface area contributed by atoms with E-state index in [1.807, 2.05) is 24.0 Å². The number of thiazole rings is 1. The molecule has 0 bridgehead atoms. The molecule has 1 aromatic carbocycles. The van der Waals surface area contributed by atoms with Crippen molar-refractivity contribution in [2.45, 2.75) is 30.4 Å². The van der Waals surface area contributed by atoms with Crippen LogP contribution in [-0.4, -0.2) is 81.0 Å². The molecule has 1 amide bonds. The average molecular weight is 583 g/mol. The van der Waals surface area contributed by atoms with E-state index in [2.05, 4.69) is 4.90 Å². The number of carbonyl (C=O) groups is 1. The third-order valence-electron chi connectivity index (χ3n) is 7.09. The lowest BCUT2D eigenvalue weighted by Crippen LogP contribution is -2.45. The smallest absolute Gasteiger partial charge is 0.252 e. The first-order valence-corrected chi connectivity index (χ1v) is 16.1. The first-order chi connectivity index (χ1) is 17.8. The van der Waals surface area contributed by atoms with Gasteiger partial charge in [0.2, 0.25) is 5.91 Å². The van der Waals surface area contributed by atoms with Gasteiger partial charge < -0.3 is 4.74 Å². The Bertz CT molecular complexity index is 1330. The van der Waals surface area contributed by atoms with Gasteiger partial charge in [-0.15, -0.1) is 11.3 Å². The van der Waals surface area contributed by atoms with E-state index < -0.39 is 10.0 Å². The Morgan fingerprint density at radius 1 is 1.19 bits per heavy atom. The number of anilines is 1. The summed E-state index contributed by atoms with van der Waals surface area (Å²) in [6, 6.07) is 7.20. The van der Waals surface area contributed by atoms with Gasteiger partial charge in [0.05, 0.1) is 23.4 Å². The number of halogens is 1. The molecule has 12 heteroatoms. The number of hydrogen-bond acceptors (Lipinski definition) is 8. The molecule has 2 aliphatic heterocycles. The second-order valence-corrected chi connectivity index (χ2v) is 14.0. The van der Waals surface area contributed by atoms with Crippen molar-refractivity contribution in [3.05, 3.63) is 40.2 Å². The predicted molar refractivity (Wildman–Crippen MR) is 149 cm³/mol. The zero-order valence-corrected chi connectivity index (χ0v) is 24.0. The van der Waals surface area contributed by atoms with Crippen LogP contribution in [-0.2, 0) is 19.6 Å². The summed E-state index contributed by atoms with van der Waals surface area (Å²) >= 11 is 9.06. The summed E-state index contributed by atoms with van der Waals surface area (Å²) in [7, 11) is -3.50. The second-order valence-electron chi connectivity index (χ2n) is 9.42. The molecule has 5 rings (SSSR count). The number of piperidine rings is 1. The number of aryl methyl sites for hydroxylation is 1. The Labute approximate surface area is 230 Å². The van der Waals surface area contributed by atoms with Crippen LogP contribution < -0.4 is 4.90 Å². The molecular weight excluding hydrogens is 552 g/mol. The highest BCUT2D eigenvalue weighted by Gasteiger charge is 2.35. The molecule has 2 aliphatic rings. The lowest BCUT2D eigenvalue weighted by molar-refractivity contribution is -0.123. The van der Waals surface area contributed by atoms with Crippen LogP contribution in [0.15, 0.2) is 33.9 Å². The van der Waals surface area contributed by atoms with Gasteiger partial charge in [0.15, 0.2) is 5.13 Å². The largest absolute Gasteiger partial charge is 0.379 e. The molecule has 2 fully saturated rings. The number of benzene rings is 1. The molecule has 0 unspecified atom stereocenters. The number of fused-ring (bicyclic) bond motifs is 1. The van der Waals surface area contributed by atoms with Gasteiger partial charge in [0.25, 0.3) is 10.0 Å². The first-order valence-electron chi connectivity index (χ1n) is 12.6. The molecular formula is C25H31ClN4O4S3. The maximum Gasteiger partial charge on any atom is 0.252 e. The Morgan fingerprint density at radius 2 is 1.95 bits per heavy atom. The molecule has 0 atom stereocenters. The minimum absolute atomic E-state index is 0.0259. The lowest BCUT2D eigenvalue weighted by atomic mass is 9.96. The molecule has 8 nitrogen and oxygen atoms in total. The van der Waals surface area contributed by atoms with Gasteiger partial charge in [-0.1, -0.05) is 29.0 Å². The van der Waals surface area contributed by atoms with Gasteiger partial charge in [0.1, 0.15) is 4.21 Å². The molecule has 200 valence electrons. The van der Waals surface area contributed by atoms with Crippen molar-refractivity contribution in [2.24, 2.45) is 5.92 Å². The first kappa shape index (κ1) is 27.0. The summed E-state index contributed by atoms with van der Waals surface area (Å²) < 4.78 is 34.2. The van der Waals surface area contributed by atoms with E-state index in [0.29, 0.717) is 46.8 Å². The van der Waals surface area contributed by atoms with Crippen LogP contribution in [0.2, 0.25) is 5.02 Å². The average Bonchev–Trinajstić information content (AvgIpc) is 3.61. The van der Waals surface area contributed by atoms with Crippen LogP contribution in [0.1, 0.15) is 24.8 Å². The normalized spacial score (nSPS) is 18.4. The lowest BCUT2D eigenvalue weighted by Gasteiger charge is -2.33. The number of aromatic nitrogens is 1. The number of nitrogens with zero attached hydrogens (tertiary/aromatic N) is 4. The number of thiophene rings is 1. The topological polar surface area (TPSA) is 83.0 Å². The van der Waals surface area contributed by atoms with Crippen molar-refractivity contribution in [3.8, 4) is 0 Å². The molecule has 0 spiro atoms. The molecule has 3 aromatic rings. The Balaban J connectivity index is 1.32. The highest BCUT2D eigenvalue weighted by Crippen LogP contribution is 2.35. The van der Waals surface area contributed by atoms with E-state index >= 15 is 0 Å². The maximum atomic E-state index is 13.9. The Kier molecular flexibility index (Phi) is 8.49. The Morgan fingerprint density at radius 3 is 2.65 bits per heavy atom. The van der Waals surface area contributed by atoms with Crippen molar-refractivity contribution in [2.75, 3.05) is 57.4 Å². The fourth-order valence-corrected chi connectivity index (χ4v) is 8.71.